The van der Waals surface area contributed by atoms with E-state index < -0.39 is 17.8 Å². The number of hydrogen-bond acceptors (Lipinski definition) is 5. The average Bonchev–Trinajstić information content (AvgIpc) is 3.50. The van der Waals surface area contributed by atoms with Crippen LogP contribution in [0.15, 0.2) is 36.0 Å². The van der Waals surface area contributed by atoms with Crippen LogP contribution in [0.2, 0.25) is 0 Å². The lowest BCUT2D eigenvalue weighted by Gasteiger charge is -2.25. The van der Waals surface area contributed by atoms with Crippen LogP contribution in [0.25, 0.3) is 0 Å². The largest absolute Gasteiger partial charge is 0.445 e. The summed E-state index contributed by atoms with van der Waals surface area (Å²) < 4.78 is 43.2. The first kappa shape index (κ1) is 21.5. The van der Waals surface area contributed by atoms with E-state index >= 15 is 0 Å². The van der Waals surface area contributed by atoms with Crippen molar-refractivity contribution in [1.82, 2.24) is 25.2 Å². The summed E-state index contributed by atoms with van der Waals surface area (Å²) in [5, 5.41) is 10.8. The smallest absolute Gasteiger partial charge is 0.416 e. The summed E-state index contributed by atoms with van der Waals surface area (Å²) in [6.07, 6.45) is -1.03. The third-order valence-electron chi connectivity index (χ3n) is 6.48. The summed E-state index contributed by atoms with van der Waals surface area (Å²) in [4.78, 5) is 28.7. The number of aryl methyl sites for hydroxylation is 1. The lowest BCUT2D eigenvalue weighted by Crippen LogP contribution is -2.37. The number of hydrogen-bond donors (Lipinski definition) is 1. The van der Waals surface area contributed by atoms with Gasteiger partial charge in [0.2, 0.25) is 5.91 Å². The zero-order valence-electron chi connectivity index (χ0n) is 17.6. The number of likely N-dealkylation sites (tertiary alicyclic amines) is 1. The molecule has 0 saturated carbocycles. The zero-order chi connectivity index (χ0) is 23.2. The second kappa shape index (κ2) is 8.20. The van der Waals surface area contributed by atoms with Crippen molar-refractivity contribution < 1.29 is 27.5 Å². The Balaban J connectivity index is 1.13. The predicted octanol–water partition coefficient (Wildman–Crippen LogP) is 2.92. The van der Waals surface area contributed by atoms with E-state index in [1.54, 1.807) is 9.80 Å². The van der Waals surface area contributed by atoms with E-state index in [-0.39, 0.29) is 24.3 Å². The summed E-state index contributed by atoms with van der Waals surface area (Å²) in [6, 6.07) is 4.54. The van der Waals surface area contributed by atoms with Crippen LogP contribution in [0.1, 0.15) is 28.9 Å². The quantitative estimate of drug-likeness (QED) is 0.759. The zero-order valence-corrected chi connectivity index (χ0v) is 17.6. The van der Waals surface area contributed by atoms with Gasteiger partial charge >= 0.3 is 12.3 Å². The van der Waals surface area contributed by atoms with Crippen molar-refractivity contribution in [3.05, 3.63) is 58.6 Å². The first-order valence-electron chi connectivity index (χ1n) is 10.8. The van der Waals surface area contributed by atoms with Gasteiger partial charge in [-0.2, -0.15) is 28.6 Å². The second-order valence-electron chi connectivity index (χ2n) is 8.68. The predicted molar refractivity (Wildman–Crippen MR) is 108 cm³/mol. The average molecular weight is 461 g/mol. The number of nitrogens with one attached hydrogen (secondary N) is 1. The lowest BCUT2D eigenvalue weighted by molar-refractivity contribution is -0.137. The molecule has 11 heteroatoms. The van der Waals surface area contributed by atoms with Crippen LogP contribution in [-0.4, -0.2) is 56.8 Å². The number of fused-ring (bicyclic) bond motifs is 2. The highest BCUT2D eigenvalue weighted by atomic mass is 19.4. The Labute approximate surface area is 187 Å². The number of benzene rings is 1. The van der Waals surface area contributed by atoms with E-state index in [1.165, 1.54) is 12.1 Å². The number of rotatable bonds is 3. The Hall–Kier alpha value is -3.37. The molecule has 33 heavy (non-hydrogen) atoms. The minimum Gasteiger partial charge on any atom is -0.445 e. The van der Waals surface area contributed by atoms with Crippen LogP contribution < -0.4 is 0 Å². The number of carbonyl (C=O) groups excluding carboxylic acids is 2. The fourth-order valence-corrected chi connectivity index (χ4v) is 4.66. The van der Waals surface area contributed by atoms with E-state index in [9.17, 15) is 22.8 Å². The molecule has 1 unspecified atom stereocenters. The molecule has 0 bridgehead atoms. The van der Waals surface area contributed by atoms with Crippen LogP contribution in [0.3, 0.4) is 0 Å². The molecule has 1 N–H and O–H groups in total. The van der Waals surface area contributed by atoms with Gasteiger partial charge in [-0.1, -0.05) is 12.1 Å². The molecular formula is C22H22F3N5O3. The SMILES string of the molecule is O=C(C1CCc2n[nH]nc2C1)N1C=C2CN(C(=O)OCc3ccc(C(F)(F)F)cc3)C[C@@H]2C1. The van der Waals surface area contributed by atoms with Crippen molar-refractivity contribution in [2.75, 3.05) is 19.6 Å². The molecule has 2 atom stereocenters. The van der Waals surface area contributed by atoms with Gasteiger partial charge in [0, 0.05) is 44.1 Å². The minimum absolute atomic E-state index is 0.0683. The summed E-state index contributed by atoms with van der Waals surface area (Å²) in [5.74, 6) is 0.0174. The van der Waals surface area contributed by atoms with Crippen LogP contribution >= 0.6 is 0 Å². The molecule has 2 amide bonds. The fraction of sp³-hybridized carbons (Fsp3) is 0.455. The normalized spacial score (nSPS) is 22.1. The van der Waals surface area contributed by atoms with E-state index in [2.05, 4.69) is 15.4 Å². The topological polar surface area (TPSA) is 91.4 Å². The third kappa shape index (κ3) is 4.31. The Morgan fingerprint density at radius 3 is 2.61 bits per heavy atom. The lowest BCUT2D eigenvalue weighted by atomic mass is 9.89. The molecule has 3 aliphatic rings. The van der Waals surface area contributed by atoms with Gasteiger partial charge in [0.25, 0.3) is 0 Å². The second-order valence-corrected chi connectivity index (χ2v) is 8.68. The monoisotopic (exact) mass is 461 g/mol. The molecule has 2 aromatic rings. The number of ether oxygens (including phenoxy) is 1. The van der Waals surface area contributed by atoms with Gasteiger partial charge in [-0.05, 0) is 36.1 Å². The highest BCUT2D eigenvalue weighted by molar-refractivity contribution is 5.81. The summed E-state index contributed by atoms with van der Waals surface area (Å²) in [7, 11) is 0. The summed E-state index contributed by atoms with van der Waals surface area (Å²) in [5.41, 5.74) is 2.53. The maximum absolute atomic E-state index is 13.0. The van der Waals surface area contributed by atoms with Gasteiger partial charge in [0.15, 0.2) is 0 Å². The number of alkyl halides is 3. The number of aromatic nitrogens is 3. The standard InChI is InChI=1S/C22H22F3N5O3/c23-22(24,25)17-4-1-13(2-5-17)12-33-21(32)30-10-15-8-29(9-16(15)11-30)20(31)14-3-6-18-19(7-14)27-28-26-18/h1-2,4-5,8,14,16H,3,6-7,9-12H2,(H,26,27,28)/t14?,16-/m0/s1. The van der Waals surface area contributed by atoms with Crippen LogP contribution in [0.4, 0.5) is 18.0 Å². The first-order chi connectivity index (χ1) is 15.8. The Morgan fingerprint density at radius 1 is 1.12 bits per heavy atom. The number of aromatic amines is 1. The van der Waals surface area contributed by atoms with Gasteiger partial charge in [-0.3, -0.25) is 4.79 Å². The number of nitrogens with zero attached hydrogens (tertiary/aromatic N) is 4. The van der Waals surface area contributed by atoms with Crippen molar-refractivity contribution in [3.8, 4) is 0 Å². The first-order valence-corrected chi connectivity index (χ1v) is 10.8. The van der Waals surface area contributed by atoms with Crippen LogP contribution in [-0.2, 0) is 35.2 Å². The molecular weight excluding hydrogens is 439 g/mol. The van der Waals surface area contributed by atoms with Gasteiger partial charge in [-0.25, -0.2) is 4.79 Å². The highest BCUT2D eigenvalue weighted by Gasteiger charge is 2.40. The molecule has 5 rings (SSSR count). The molecule has 1 saturated heterocycles. The summed E-state index contributed by atoms with van der Waals surface area (Å²) in [6.45, 7) is 1.24. The third-order valence-corrected chi connectivity index (χ3v) is 6.48. The number of carbonyl (C=O) groups is 2. The van der Waals surface area contributed by atoms with E-state index in [4.69, 9.17) is 4.74 Å². The maximum Gasteiger partial charge on any atom is 0.416 e. The van der Waals surface area contributed by atoms with Crippen LogP contribution in [0, 0.1) is 11.8 Å². The number of halogens is 3. The Morgan fingerprint density at radius 2 is 1.88 bits per heavy atom. The van der Waals surface area contributed by atoms with Gasteiger partial charge < -0.3 is 14.5 Å². The minimum atomic E-state index is -4.40. The molecule has 0 radical (unpaired) electrons. The molecule has 8 nitrogen and oxygen atoms in total. The molecule has 1 aromatic heterocycles. The molecule has 1 aromatic carbocycles. The Kier molecular flexibility index (Phi) is 5.34. The number of H-pyrrole nitrogens is 1. The molecule has 174 valence electrons. The van der Waals surface area contributed by atoms with Crippen molar-refractivity contribution in [3.63, 3.8) is 0 Å². The highest BCUT2D eigenvalue weighted by Crippen LogP contribution is 2.33. The molecule has 2 aliphatic heterocycles. The van der Waals surface area contributed by atoms with Crippen LogP contribution in [0.5, 0.6) is 0 Å². The van der Waals surface area contributed by atoms with E-state index in [1.807, 2.05) is 6.20 Å². The van der Waals surface area contributed by atoms with Crippen molar-refractivity contribution in [1.29, 1.82) is 0 Å². The fourth-order valence-electron chi connectivity index (χ4n) is 4.66. The van der Waals surface area contributed by atoms with E-state index in [0.29, 0.717) is 31.6 Å². The number of amides is 2. The molecule has 1 fully saturated rings. The van der Waals surface area contributed by atoms with Gasteiger partial charge in [0.05, 0.1) is 17.0 Å². The van der Waals surface area contributed by atoms with Crippen molar-refractivity contribution in [2.24, 2.45) is 11.8 Å². The molecule has 1 aliphatic carbocycles. The van der Waals surface area contributed by atoms with Gasteiger partial charge in [-0.15, -0.1) is 0 Å². The summed E-state index contributed by atoms with van der Waals surface area (Å²) >= 11 is 0. The molecule has 0 spiro atoms. The maximum atomic E-state index is 13.0. The van der Waals surface area contributed by atoms with Crippen molar-refractivity contribution >= 4 is 12.0 Å². The Bertz CT molecular complexity index is 1100. The van der Waals surface area contributed by atoms with Gasteiger partial charge in [0.1, 0.15) is 6.61 Å². The van der Waals surface area contributed by atoms with E-state index in [0.717, 1.165) is 41.9 Å². The van der Waals surface area contributed by atoms with Crippen molar-refractivity contribution in [2.45, 2.75) is 32.0 Å². The molecule has 3 heterocycles.